The van der Waals surface area contributed by atoms with E-state index in [0.29, 0.717) is 18.4 Å². The molecule has 0 aliphatic rings. The summed E-state index contributed by atoms with van der Waals surface area (Å²) in [5, 5.41) is 11.3. The van der Waals surface area contributed by atoms with Gasteiger partial charge in [-0.1, -0.05) is 12.1 Å². The average Bonchev–Trinajstić information content (AvgIpc) is 2.17. The number of aliphatic hydroxyl groups is 1. The Hall–Kier alpha value is -1.42. The average molecular weight is 197 g/mol. The van der Waals surface area contributed by atoms with E-state index in [1.807, 2.05) is 0 Å². The Labute approximate surface area is 81.6 Å². The molecule has 0 bridgehead atoms. The van der Waals surface area contributed by atoms with Crippen molar-refractivity contribution in [1.29, 1.82) is 0 Å². The highest BCUT2D eigenvalue weighted by molar-refractivity contribution is 5.47. The van der Waals surface area contributed by atoms with Gasteiger partial charge in [-0.2, -0.15) is 0 Å². The summed E-state index contributed by atoms with van der Waals surface area (Å²) in [7, 11) is 0. The largest absolute Gasteiger partial charge is 0.396 e. The molecule has 1 aromatic carbocycles. The number of nitrogens with one attached hydrogen (secondary N) is 1. The van der Waals surface area contributed by atoms with Crippen molar-refractivity contribution < 1.29 is 14.3 Å². The smallest absolute Gasteiger partial charge is 0.207 e. The number of amides is 1. The fraction of sp³-hybridized carbons (Fsp3) is 0.300. The van der Waals surface area contributed by atoms with Crippen molar-refractivity contribution in [2.45, 2.75) is 12.5 Å². The maximum Gasteiger partial charge on any atom is 0.207 e. The molecule has 0 heterocycles. The first-order valence-corrected chi connectivity index (χ1v) is 4.34. The number of carbonyl (C=O) groups excluding carboxylic acids is 1. The number of aliphatic hydroxyl groups excluding tert-OH is 1. The molecule has 0 saturated carbocycles. The lowest BCUT2D eigenvalue weighted by molar-refractivity contribution is -0.110. The van der Waals surface area contributed by atoms with Crippen molar-refractivity contribution in [2.24, 2.45) is 0 Å². The van der Waals surface area contributed by atoms with Crippen LogP contribution < -0.4 is 5.32 Å². The van der Waals surface area contributed by atoms with Gasteiger partial charge in [-0.15, -0.1) is 0 Å². The molecule has 0 fully saturated rings. The zero-order valence-corrected chi connectivity index (χ0v) is 7.61. The second-order valence-electron chi connectivity index (χ2n) is 2.90. The van der Waals surface area contributed by atoms with Crippen LogP contribution in [0.4, 0.5) is 4.39 Å². The Morgan fingerprint density at radius 3 is 2.93 bits per heavy atom. The molecule has 0 spiro atoms. The van der Waals surface area contributed by atoms with Crippen molar-refractivity contribution >= 4 is 6.41 Å². The Bertz CT molecular complexity index is 304. The van der Waals surface area contributed by atoms with E-state index >= 15 is 0 Å². The van der Waals surface area contributed by atoms with Crippen molar-refractivity contribution in [3.05, 3.63) is 35.6 Å². The summed E-state index contributed by atoms with van der Waals surface area (Å²) >= 11 is 0. The molecule has 1 amide bonds. The summed E-state index contributed by atoms with van der Waals surface area (Å²) in [6.07, 6.45) is 0.924. The zero-order valence-electron chi connectivity index (χ0n) is 7.61. The van der Waals surface area contributed by atoms with Crippen LogP contribution in [0.25, 0.3) is 0 Å². The topological polar surface area (TPSA) is 49.3 Å². The Kier molecular flexibility index (Phi) is 4.07. The van der Waals surface area contributed by atoms with Crippen molar-refractivity contribution in [1.82, 2.24) is 5.32 Å². The molecule has 76 valence electrons. The van der Waals surface area contributed by atoms with E-state index in [0.717, 1.165) is 0 Å². The molecule has 0 radical (unpaired) electrons. The lowest BCUT2D eigenvalue weighted by atomic mass is 10.0. The fourth-order valence-electron chi connectivity index (χ4n) is 1.28. The summed E-state index contributed by atoms with van der Waals surface area (Å²) in [6.45, 7) is -0.0536. The number of hydrogen-bond acceptors (Lipinski definition) is 2. The van der Waals surface area contributed by atoms with Gasteiger partial charge in [0.25, 0.3) is 0 Å². The SMILES string of the molecule is O=CNC(CCO)c1cccc(F)c1. The monoisotopic (exact) mass is 197 g/mol. The van der Waals surface area contributed by atoms with Crippen molar-refractivity contribution in [3.8, 4) is 0 Å². The van der Waals surface area contributed by atoms with Gasteiger partial charge in [-0.25, -0.2) is 4.39 Å². The summed E-state index contributed by atoms with van der Waals surface area (Å²) < 4.78 is 12.8. The van der Waals surface area contributed by atoms with E-state index < -0.39 is 0 Å². The summed E-state index contributed by atoms with van der Waals surface area (Å²) in [5.74, 6) is -0.349. The van der Waals surface area contributed by atoms with Crippen LogP contribution in [-0.2, 0) is 4.79 Å². The summed E-state index contributed by atoms with van der Waals surface area (Å²) in [5.41, 5.74) is 0.658. The van der Waals surface area contributed by atoms with Crippen LogP contribution in [0.5, 0.6) is 0 Å². The fourth-order valence-corrected chi connectivity index (χ4v) is 1.28. The normalized spacial score (nSPS) is 12.1. The minimum atomic E-state index is -0.349. The highest BCUT2D eigenvalue weighted by Crippen LogP contribution is 2.16. The van der Waals surface area contributed by atoms with E-state index in [9.17, 15) is 9.18 Å². The maximum absolute atomic E-state index is 12.8. The lowest BCUT2D eigenvalue weighted by Gasteiger charge is -2.14. The molecule has 0 aliphatic carbocycles. The van der Waals surface area contributed by atoms with Gasteiger partial charge in [0.1, 0.15) is 5.82 Å². The number of carbonyl (C=O) groups is 1. The van der Waals surface area contributed by atoms with Crippen LogP contribution in [0.1, 0.15) is 18.0 Å². The maximum atomic E-state index is 12.8. The number of benzene rings is 1. The predicted octanol–water partition coefficient (Wildman–Crippen LogP) is 0.995. The first-order chi connectivity index (χ1) is 6.77. The van der Waals surface area contributed by atoms with Crippen LogP contribution >= 0.6 is 0 Å². The summed E-state index contributed by atoms with van der Waals surface area (Å²) in [6, 6.07) is 5.63. The van der Waals surface area contributed by atoms with E-state index in [1.165, 1.54) is 12.1 Å². The lowest BCUT2D eigenvalue weighted by Crippen LogP contribution is -2.20. The van der Waals surface area contributed by atoms with Crippen LogP contribution in [0, 0.1) is 5.82 Å². The van der Waals surface area contributed by atoms with Crippen LogP contribution in [0.3, 0.4) is 0 Å². The molecule has 2 N–H and O–H groups in total. The highest BCUT2D eigenvalue weighted by Gasteiger charge is 2.09. The molecular weight excluding hydrogens is 185 g/mol. The molecule has 1 unspecified atom stereocenters. The Morgan fingerprint density at radius 2 is 2.36 bits per heavy atom. The molecule has 4 heteroatoms. The minimum Gasteiger partial charge on any atom is -0.396 e. The molecule has 0 saturated heterocycles. The molecule has 1 aromatic rings. The molecule has 1 atom stereocenters. The zero-order chi connectivity index (χ0) is 10.4. The van der Waals surface area contributed by atoms with E-state index in [-0.39, 0.29) is 18.5 Å². The third kappa shape index (κ3) is 2.81. The van der Waals surface area contributed by atoms with Gasteiger partial charge in [-0.3, -0.25) is 4.79 Å². The molecular formula is C10H12FNO2. The van der Waals surface area contributed by atoms with E-state index in [1.54, 1.807) is 12.1 Å². The standard InChI is InChI=1S/C10H12FNO2/c11-9-3-1-2-8(6-9)10(4-5-13)12-7-14/h1-3,6-7,10,13H,4-5H2,(H,12,14). The van der Waals surface area contributed by atoms with Crippen LogP contribution in [-0.4, -0.2) is 18.1 Å². The van der Waals surface area contributed by atoms with Gasteiger partial charge in [0, 0.05) is 6.61 Å². The van der Waals surface area contributed by atoms with Gasteiger partial charge < -0.3 is 10.4 Å². The van der Waals surface area contributed by atoms with Crippen molar-refractivity contribution in [3.63, 3.8) is 0 Å². The molecule has 0 aromatic heterocycles. The molecule has 1 rings (SSSR count). The Balaban J connectivity index is 2.80. The van der Waals surface area contributed by atoms with Gasteiger partial charge in [0.05, 0.1) is 6.04 Å². The van der Waals surface area contributed by atoms with Gasteiger partial charge in [0.15, 0.2) is 0 Å². The van der Waals surface area contributed by atoms with Crippen LogP contribution in [0.15, 0.2) is 24.3 Å². The van der Waals surface area contributed by atoms with E-state index in [2.05, 4.69) is 5.32 Å². The van der Waals surface area contributed by atoms with Gasteiger partial charge >= 0.3 is 0 Å². The predicted molar refractivity (Wildman–Crippen MR) is 50.0 cm³/mol. The molecule has 0 aliphatic heterocycles. The quantitative estimate of drug-likeness (QED) is 0.692. The third-order valence-corrected chi connectivity index (χ3v) is 1.94. The third-order valence-electron chi connectivity index (χ3n) is 1.94. The van der Waals surface area contributed by atoms with Crippen molar-refractivity contribution in [2.75, 3.05) is 6.61 Å². The second kappa shape index (κ2) is 5.34. The first-order valence-electron chi connectivity index (χ1n) is 4.34. The first kappa shape index (κ1) is 10.7. The molecule has 14 heavy (non-hydrogen) atoms. The summed E-state index contributed by atoms with van der Waals surface area (Å²) in [4.78, 5) is 10.3. The number of rotatable bonds is 5. The van der Waals surface area contributed by atoms with Crippen LogP contribution in [0.2, 0.25) is 0 Å². The van der Waals surface area contributed by atoms with Gasteiger partial charge in [0.2, 0.25) is 6.41 Å². The number of hydrogen-bond donors (Lipinski definition) is 2. The molecule has 3 nitrogen and oxygen atoms in total. The van der Waals surface area contributed by atoms with Gasteiger partial charge in [-0.05, 0) is 24.1 Å². The Morgan fingerprint density at radius 1 is 1.57 bits per heavy atom. The van der Waals surface area contributed by atoms with E-state index in [4.69, 9.17) is 5.11 Å². The second-order valence-corrected chi connectivity index (χ2v) is 2.90. The minimum absolute atomic E-state index is 0.0536. The highest BCUT2D eigenvalue weighted by atomic mass is 19.1. The number of halogens is 1.